The molecule has 0 aliphatic carbocycles. The topological polar surface area (TPSA) is 80.3 Å². The standard InChI is InChI=1S/C16H19N3O3S/c1-10-14(15(21)17-8-9-22-3)19-16(23-10)12-4-6-13(7-5-12)18-11(2)20/h4-7H,8-9H2,1-3H3,(H,17,21)(H,18,20). The highest BCUT2D eigenvalue weighted by molar-refractivity contribution is 7.15. The quantitative estimate of drug-likeness (QED) is 0.796. The van der Waals surface area contributed by atoms with Crippen LogP contribution in [0.25, 0.3) is 10.6 Å². The summed E-state index contributed by atoms with van der Waals surface area (Å²) in [6.07, 6.45) is 0. The number of carbonyl (C=O) groups is 2. The van der Waals surface area contributed by atoms with Crippen molar-refractivity contribution in [1.82, 2.24) is 10.3 Å². The van der Waals surface area contributed by atoms with Crippen LogP contribution >= 0.6 is 11.3 Å². The molecule has 0 fully saturated rings. The molecule has 1 aromatic heterocycles. The lowest BCUT2D eigenvalue weighted by Crippen LogP contribution is -2.27. The van der Waals surface area contributed by atoms with E-state index in [2.05, 4.69) is 15.6 Å². The first-order valence-corrected chi connectivity index (χ1v) is 7.95. The number of benzene rings is 1. The molecule has 0 aliphatic rings. The summed E-state index contributed by atoms with van der Waals surface area (Å²) in [5, 5.41) is 6.26. The number of amides is 2. The van der Waals surface area contributed by atoms with E-state index in [0.717, 1.165) is 21.1 Å². The van der Waals surface area contributed by atoms with Gasteiger partial charge in [-0.1, -0.05) is 0 Å². The number of ether oxygens (including phenoxy) is 1. The molecule has 23 heavy (non-hydrogen) atoms. The van der Waals surface area contributed by atoms with E-state index in [1.54, 1.807) is 7.11 Å². The van der Waals surface area contributed by atoms with Gasteiger partial charge in [-0.2, -0.15) is 0 Å². The summed E-state index contributed by atoms with van der Waals surface area (Å²) in [6, 6.07) is 7.36. The second-order valence-electron chi connectivity index (χ2n) is 4.93. The van der Waals surface area contributed by atoms with Crippen molar-refractivity contribution in [2.45, 2.75) is 13.8 Å². The average Bonchev–Trinajstić information content (AvgIpc) is 2.89. The van der Waals surface area contributed by atoms with Gasteiger partial charge in [0.05, 0.1) is 6.61 Å². The van der Waals surface area contributed by atoms with Crippen molar-refractivity contribution in [1.29, 1.82) is 0 Å². The lowest BCUT2D eigenvalue weighted by atomic mass is 10.2. The molecule has 2 rings (SSSR count). The van der Waals surface area contributed by atoms with Gasteiger partial charge in [-0.15, -0.1) is 11.3 Å². The zero-order chi connectivity index (χ0) is 16.8. The van der Waals surface area contributed by atoms with E-state index in [0.29, 0.717) is 18.8 Å². The van der Waals surface area contributed by atoms with Crippen LogP contribution in [-0.2, 0) is 9.53 Å². The molecule has 122 valence electrons. The Hall–Kier alpha value is -2.25. The molecule has 0 saturated carbocycles. The fraction of sp³-hybridized carbons (Fsp3) is 0.312. The Kier molecular flexibility index (Phi) is 5.84. The first kappa shape index (κ1) is 17.1. The van der Waals surface area contributed by atoms with Crippen LogP contribution in [0.1, 0.15) is 22.3 Å². The van der Waals surface area contributed by atoms with Crippen molar-refractivity contribution in [2.75, 3.05) is 25.6 Å². The zero-order valence-electron chi connectivity index (χ0n) is 13.3. The number of thiazole rings is 1. The van der Waals surface area contributed by atoms with E-state index in [-0.39, 0.29) is 11.8 Å². The molecule has 0 spiro atoms. The molecule has 0 saturated heterocycles. The van der Waals surface area contributed by atoms with Crippen molar-refractivity contribution in [3.8, 4) is 10.6 Å². The highest BCUT2D eigenvalue weighted by Gasteiger charge is 2.16. The van der Waals surface area contributed by atoms with Crippen LogP contribution in [0.5, 0.6) is 0 Å². The minimum absolute atomic E-state index is 0.113. The Labute approximate surface area is 138 Å². The number of carbonyl (C=O) groups excluding carboxylic acids is 2. The summed E-state index contributed by atoms with van der Waals surface area (Å²) in [6.45, 7) is 4.25. The maximum absolute atomic E-state index is 12.1. The molecule has 0 unspecified atom stereocenters. The van der Waals surface area contributed by atoms with E-state index >= 15 is 0 Å². The van der Waals surface area contributed by atoms with Gasteiger partial charge in [0.1, 0.15) is 10.7 Å². The number of hydrogen-bond acceptors (Lipinski definition) is 5. The molecule has 0 radical (unpaired) electrons. The van der Waals surface area contributed by atoms with E-state index in [1.165, 1.54) is 18.3 Å². The molecular weight excluding hydrogens is 314 g/mol. The lowest BCUT2D eigenvalue weighted by molar-refractivity contribution is -0.114. The Morgan fingerprint density at radius 1 is 1.26 bits per heavy atom. The van der Waals surface area contributed by atoms with Crippen molar-refractivity contribution in [3.05, 3.63) is 34.8 Å². The fourth-order valence-corrected chi connectivity index (χ4v) is 2.90. The Morgan fingerprint density at radius 3 is 2.57 bits per heavy atom. The molecule has 1 heterocycles. The van der Waals surface area contributed by atoms with Crippen molar-refractivity contribution in [3.63, 3.8) is 0 Å². The third kappa shape index (κ3) is 4.61. The molecule has 2 aromatic rings. The second-order valence-corrected chi connectivity index (χ2v) is 6.13. The molecule has 7 heteroatoms. The predicted molar refractivity (Wildman–Crippen MR) is 90.8 cm³/mol. The third-order valence-corrected chi connectivity index (χ3v) is 4.08. The molecule has 2 N–H and O–H groups in total. The number of hydrogen-bond donors (Lipinski definition) is 2. The molecule has 0 aliphatic heterocycles. The Balaban J connectivity index is 2.13. The number of aromatic nitrogens is 1. The van der Waals surface area contributed by atoms with Crippen LogP contribution in [0.4, 0.5) is 5.69 Å². The molecular formula is C16H19N3O3S. The van der Waals surface area contributed by atoms with E-state index in [4.69, 9.17) is 4.74 Å². The number of anilines is 1. The largest absolute Gasteiger partial charge is 0.383 e. The minimum Gasteiger partial charge on any atom is -0.383 e. The smallest absolute Gasteiger partial charge is 0.271 e. The molecule has 0 atom stereocenters. The minimum atomic E-state index is -0.197. The summed E-state index contributed by atoms with van der Waals surface area (Å²) < 4.78 is 4.91. The molecule has 6 nitrogen and oxygen atoms in total. The summed E-state index contributed by atoms with van der Waals surface area (Å²) in [5.74, 6) is -0.310. The van der Waals surface area contributed by atoms with E-state index in [1.807, 2.05) is 31.2 Å². The third-order valence-electron chi connectivity index (χ3n) is 3.06. The number of nitrogens with zero attached hydrogens (tertiary/aromatic N) is 1. The van der Waals surface area contributed by atoms with E-state index < -0.39 is 0 Å². The second kappa shape index (κ2) is 7.85. The summed E-state index contributed by atoms with van der Waals surface area (Å²) >= 11 is 1.46. The Bertz CT molecular complexity index is 695. The average molecular weight is 333 g/mol. The van der Waals surface area contributed by atoms with Gasteiger partial charge in [0.25, 0.3) is 5.91 Å². The zero-order valence-corrected chi connectivity index (χ0v) is 14.1. The summed E-state index contributed by atoms with van der Waals surface area (Å²) in [5.41, 5.74) is 2.07. The highest BCUT2D eigenvalue weighted by atomic mass is 32.1. The maximum Gasteiger partial charge on any atom is 0.271 e. The van der Waals surface area contributed by atoms with Crippen LogP contribution in [0.15, 0.2) is 24.3 Å². The van der Waals surface area contributed by atoms with Gasteiger partial charge >= 0.3 is 0 Å². The fourth-order valence-electron chi connectivity index (χ4n) is 1.98. The van der Waals surface area contributed by atoms with Crippen LogP contribution < -0.4 is 10.6 Å². The summed E-state index contributed by atoms with van der Waals surface area (Å²) in [4.78, 5) is 28.4. The van der Waals surface area contributed by atoms with Crippen LogP contribution in [0, 0.1) is 6.92 Å². The normalized spacial score (nSPS) is 10.4. The van der Waals surface area contributed by atoms with Gasteiger partial charge < -0.3 is 15.4 Å². The van der Waals surface area contributed by atoms with Crippen LogP contribution in [0.2, 0.25) is 0 Å². The van der Waals surface area contributed by atoms with Crippen molar-refractivity contribution < 1.29 is 14.3 Å². The number of methoxy groups -OCH3 is 1. The van der Waals surface area contributed by atoms with Crippen LogP contribution in [0.3, 0.4) is 0 Å². The van der Waals surface area contributed by atoms with Gasteiger partial charge in [-0.25, -0.2) is 4.98 Å². The Morgan fingerprint density at radius 2 is 1.96 bits per heavy atom. The van der Waals surface area contributed by atoms with Gasteiger partial charge in [0.2, 0.25) is 5.91 Å². The molecule has 0 bridgehead atoms. The predicted octanol–water partition coefficient (Wildman–Crippen LogP) is 2.45. The van der Waals surface area contributed by atoms with Crippen molar-refractivity contribution >= 4 is 28.8 Å². The lowest BCUT2D eigenvalue weighted by Gasteiger charge is -2.03. The SMILES string of the molecule is COCCNC(=O)c1nc(-c2ccc(NC(C)=O)cc2)sc1C. The van der Waals surface area contributed by atoms with Crippen LogP contribution in [-0.4, -0.2) is 37.1 Å². The first-order chi connectivity index (χ1) is 11.0. The number of nitrogens with one attached hydrogen (secondary N) is 2. The van der Waals surface area contributed by atoms with Gasteiger partial charge in [0, 0.05) is 36.7 Å². The number of aryl methyl sites for hydroxylation is 1. The number of rotatable bonds is 6. The van der Waals surface area contributed by atoms with Gasteiger partial charge in [-0.05, 0) is 31.2 Å². The first-order valence-electron chi connectivity index (χ1n) is 7.14. The molecule has 1 aromatic carbocycles. The van der Waals surface area contributed by atoms with E-state index in [9.17, 15) is 9.59 Å². The van der Waals surface area contributed by atoms with Gasteiger partial charge in [-0.3, -0.25) is 9.59 Å². The monoisotopic (exact) mass is 333 g/mol. The summed E-state index contributed by atoms with van der Waals surface area (Å²) in [7, 11) is 1.59. The highest BCUT2D eigenvalue weighted by Crippen LogP contribution is 2.28. The maximum atomic E-state index is 12.1. The van der Waals surface area contributed by atoms with Gasteiger partial charge in [0.15, 0.2) is 0 Å². The van der Waals surface area contributed by atoms with Crippen molar-refractivity contribution in [2.24, 2.45) is 0 Å². The molecule has 2 amide bonds.